The van der Waals surface area contributed by atoms with E-state index in [0.717, 1.165) is 32.1 Å². The van der Waals surface area contributed by atoms with E-state index in [1.807, 2.05) is 6.08 Å². The van der Waals surface area contributed by atoms with Crippen LogP contribution in [0.25, 0.3) is 0 Å². The Kier molecular flexibility index (Phi) is 4.27. The summed E-state index contributed by atoms with van der Waals surface area (Å²) in [5.41, 5.74) is 2.58. The zero-order valence-electron chi connectivity index (χ0n) is 15.8. The second-order valence-corrected chi connectivity index (χ2v) is 9.37. The minimum Gasteiger partial charge on any atom is -0.396 e. The molecule has 0 bridgehead atoms. The molecule has 0 heterocycles. The quantitative estimate of drug-likeness (QED) is 0.761. The number of allylic oxidation sites excluding steroid dienone is 4. The fourth-order valence-electron chi connectivity index (χ4n) is 6.95. The van der Waals surface area contributed by atoms with Crippen molar-refractivity contribution in [2.24, 2.45) is 34.5 Å². The van der Waals surface area contributed by atoms with E-state index >= 15 is 0 Å². The molecule has 2 saturated carbocycles. The molecule has 2 N–H and O–H groups in total. The van der Waals surface area contributed by atoms with Gasteiger partial charge in [-0.3, -0.25) is 9.59 Å². The Labute approximate surface area is 155 Å². The molecule has 0 spiro atoms. The lowest BCUT2D eigenvalue weighted by molar-refractivity contribution is -0.131. The summed E-state index contributed by atoms with van der Waals surface area (Å²) < 4.78 is 0. The highest BCUT2D eigenvalue weighted by Gasteiger charge is 2.60. The van der Waals surface area contributed by atoms with Gasteiger partial charge in [-0.25, -0.2) is 0 Å². The molecular formula is C22H30O4. The van der Waals surface area contributed by atoms with Gasteiger partial charge in [0.05, 0.1) is 0 Å². The smallest absolute Gasteiger partial charge is 0.162 e. The fourth-order valence-corrected chi connectivity index (χ4v) is 6.95. The van der Waals surface area contributed by atoms with Crippen molar-refractivity contribution in [1.29, 1.82) is 0 Å². The van der Waals surface area contributed by atoms with Crippen LogP contribution in [0.2, 0.25) is 0 Å². The minimum atomic E-state index is -0.433. The van der Waals surface area contributed by atoms with Crippen molar-refractivity contribution < 1.29 is 19.8 Å². The largest absolute Gasteiger partial charge is 0.396 e. The molecule has 0 saturated heterocycles. The van der Waals surface area contributed by atoms with E-state index < -0.39 is 6.61 Å². The van der Waals surface area contributed by atoms with Crippen LogP contribution >= 0.6 is 0 Å². The first-order valence-electron chi connectivity index (χ1n) is 10.0. The molecule has 4 rings (SSSR count). The second kappa shape index (κ2) is 6.13. The number of ketones is 2. The van der Waals surface area contributed by atoms with Crippen LogP contribution in [0.15, 0.2) is 23.3 Å². The molecule has 4 aliphatic carbocycles. The Morgan fingerprint density at radius 1 is 1.27 bits per heavy atom. The topological polar surface area (TPSA) is 74.6 Å². The third-order valence-corrected chi connectivity index (χ3v) is 8.25. The van der Waals surface area contributed by atoms with Gasteiger partial charge in [0.15, 0.2) is 11.6 Å². The Balaban J connectivity index is 1.74. The molecule has 0 aromatic heterocycles. The molecule has 4 nitrogen and oxygen atoms in total. The third-order valence-electron chi connectivity index (χ3n) is 8.25. The molecule has 4 heteroatoms. The Hall–Kier alpha value is -1.26. The number of aliphatic hydroxyl groups is 2. The lowest BCUT2D eigenvalue weighted by atomic mass is 9.51. The highest BCUT2D eigenvalue weighted by atomic mass is 16.3. The molecule has 0 radical (unpaired) electrons. The standard InChI is InChI=1S/C22H30O4/c1-21-7-5-15(25)10-14(21)3-4-16-17(21)6-8-22(2)18(16)9-13(11-23)20(22)19(26)12-24/h6,10,13,16,18,20,23-24H,3-5,7-9,11-12H2,1-2H3/t13-,16-,18+,20-,21+,22+/m1/s1. The monoisotopic (exact) mass is 358 g/mol. The van der Waals surface area contributed by atoms with E-state index in [1.165, 1.54) is 11.1 Å². The van der Waals surface area contributed by atoms with Gasteiger partial charge in [-0.15, -0.1) is 0 Å². The predicted octanol–water partition coefficient (Wildman–Crippen LogP) is 2.83. The van der Waals surface area contributed by atoms with Crippen LogP contribution in [-0.4, -0.2) is 35.0 Å². The van der Waals surface area contributed by atoms with E-state index in [0.29, 0.717) is 18.3 Å². The molecule has 0 amide bonds. The van der Waals surface area contributed by atoms with E-state index in [2.05, 4.69) is 19.9 Å². The van der Waals surface area contributed by atoms with Gasteiger partial charge < -0.3 is 10.2 Å². The van der Waals surface area contributed by atoms with Crippen LogP contribution < -0.4 is 0 Å². The maximum absolute atomic E-state index is 12.5. The Morgan fingerprint density at radius 3 is 2.73 bits per heavy atom. The summed E-state index contributed by atoms with van der Waals surface area (Å²) >= 11 is 0. The van der Waals surface area contributed by atoms with Gasteiger partial charge in [-0.05, 0) is 61.3 Å². The Bertz CT molecular complexity index is 705. The summed E-state index contributed by atoms with van der Waals surface area (Å²) in [7, 11) is 0. The first-order chi connectivity index (χ1) is 12.3. The number of Topliss-reactive ketones (excluding diaryl/α,β-unsaturated/α-hetero) is 1. The lowest BCUT2D eigenvalue weighted by Gasteiger charge is -2.53. The van der Waals surface area contributed by atoms with Gasteiger partial charge in [-0.2, -0.15) is 0 Å². The van der Waals surface area contributed by atoms with Crippen LogP contribution in [0.1, 0.15) is 52.4 Å². The summed E-state index contributed by atoms with van der Waals surface area (Å²) in [6.07, 6.45) is 9.42. The first kappa shape index (κ1) is 18.1. The van der Waals surface area contributed by atoms with E-state index in [9.17, 15) is 19.8 Å². The van der Waals surface area contributed by atoms with Crippen LogP contribution in [-0.2, 0) is 9.59 Å². The van der Waals surface area contributed by atoms with Crippen molar-refractivity contribution in [1.82, 2.24) is 0 Å². The molecule has 26 heavy (non-hydrogen) atoms. The van der Waals surface area contributed by atoms with E-state index in [4.69, 9.17) is 0 Å². The maximum Gasteiger partial charge on any atom is 0.162 e. The fraction of sp³-hybridized carbons (Fsp3) is 0.727. The van der Waals surface area contributed by atoms with Crippen LogP contribution in [0.5, 0.6) is 0 Å². The maximum atomic E-state index is 12.5. The zero-order valence-corrected chi connectivity index (χ0v) is 15.8. The summed E-state index contributed by atoms with van der Waals surface area (Å²) in [6.45, 7) is 4.07. The molecule has 6 atom stereocenters. The molecule has 0 aromatic rings. The van der Waals surface area contributed by atoms with E-state index in [1.54, 1.807) is 0 Å². The van der Waals surface area contributed by atoms with Crippen molar-refractivity contribution in [2.75, 3.05) is 13.2 Å². The molecule has 2 fully saturated rings. The lowest BCUT2D eigenvalue weighted by Crippen LogP contribution is -2.46. The predicted molar refractivity (Wildman–Crippen MR) is 98.2 cm³/mol. The summed E-state index contributed by atoms with van der Waals surface area (Å²) in [4.78, 5) is 24.4. The number of rotatable bonds is 3. The number of hydrogen-bond acceptors (Lipinski definition) is 4. The number of carbonyl (C=O) groups is 2. The van der Waals surface area contributed by atoms with Gasteiger partial charge in [0, 0.05) is 24.4 Å². The van der Waals surface area contributed by atoms with E-state index in [-0.39, 0.29) is 40.8 Å². The number of carbonyl (C=O) groups excluding carboxylic acids is 2. The van der Waals surface area contributed by atoms with Gasteiger partial charge in [0.1, 0.15) is 6.61 Å². The van der Waals surface area contributed by atoms with Crippen LogP contribution in [0.3, 0.4) is 0 Å². The van der Waals surface area contributed by atoms with Crippen LogP contribution in [0, 0.1) is 34.5 Å². The number of fused-ring (bicyclic) bond motifs is 5. The summed E-state index contributed by atoms with van der Waals surface area (Å²) in [6, 6.07) is 0. The molecule has 142 valence electrons. The molecular weight excluding hydrogens is 328 g/mol. The van der Waals surface area contributed by atoms with Crippen molar-refractivity contribution >= 4 is 11.6 Å². The highest BCUT2D eigenvalue weighted by molar-refractivity contribution is 5.92. The summed E-state index contributed by atoms with van der Waals surface area (Å²) in [5.74, 6) is 0.641. The van der Waals surface area contributed by atoms with Gasteiger partial charge >= 0.3 is 0 Å². The molecule has 0 unspecified atom stereocenters. The number of aliphatic hydroxyl groups excluding tert-OH is 2. The average Bonchev–Trinajstić information content (AvgIpc) is 2.94. The first-order valence-corrected chi connectivity index (χ1v) is 10.0. The van der Waals surface area contributed by atoms with Crippen molar-refractivity contribution in [3.8, 4) is 0 Å². The normalized spacial score (nSPS) is 44.5. The third kappa shape index (κ3) is 2.34. The van der Waals surface area contributed by atoms with Gasteiger partial charge in [0.25, 0.3) is 0 Å². The van der Waals surface area contributed by atoms with Crippen LogP contribution in [0.4, 0.5) is 0 Å². The van der Waals surface area contributed by atoms with Gasteiger partial charge in [-0.1, -0.05) is 31.1 Å². The van der Waals surface area contributed by atoms with Gasteiger partial charge in [0.2, 0.25) is 0 Å². The molecule has 0 aliphatic heterocycles. The van der Waals surface area contributed by atoms with Crippen molar-refractivity contribution in [2.45, 2.75) is 52.4 Å². The zero-order chi connectivity index (χ0) is 18.7. The highest BCUT2D eigenvalue weighted by Crippen LogP contribution is 2.65. The summed E-state index contributed by atoms with van der Waals surface area (Å²) in [5, 5.41) is 19.4. The molecule has 0 aromatic carbocycles. The SMILES string of the molecule is C[C@]12CCC(=O)C=C1CC[C@@H]1C2=CC[C@@]2(C)[C@H]1C[C@H](CO)[C@@H]2C(=O)CO. The molecule has 4 aliphatic rings. The Morgan fingerprint density at radius 2 is 2.04 bits per heavy atom. The minimum absolute atomic E-state index is 0.00799. The number of hydrogen-bond donors (Lipinski definition) is 2. The van der Waals surface area contributed by atoms with Crippen molar-refractivity contribution in [3.05, 3.63) is 23.3 Å². The second-order valence-electron chi connectivity index (χ2n) is 9.37. The average molecular weight is 358 g/mol. The van der Waals surface area contributed by atoms with Crippen molar-refractivity contribution in [3.63, 3.8) is 0 Å².